The Morgan fingerprint density at radius 2 is 2.12 bits per heavy atom. The van der Waals surface area contributed by atoms with E-state index in [0.717, 1.165) is 11.1 Å². The average Bonchev–Trinajstić information content (AvgIpc) is 2.29. The maximum atomic E-state index is 9.68. The van der Waals surface area contributed by atoms with Crippen LogP contribution in [0.5, 0.6) is 11.5 Å². The molecule has 0 saturated carbocycles. The smallest absolute Gasteiger partial charge is 0.172 e. The minimum absolute atomic E-state index is 0.0263. The normalized spacial score (nSPS) is 12.0. The molecule has 0 aliphatic rings. The molecule has 2 N–H and O–H groups in total. The summed E-state index contributed by atoms with van der Waals surface area (Å²) < 4.78 is 5.64. The molecule has 0 radical (unpaired) electrons. The summed E-state index contributed by atoms with van der Waals surface area (Å²) in [6, 6.07) is 3.52. The molecule has 0 unspecified atom stereocenters. The van der Waals surface area contributed by atoms with Crippen molar-refractivity contribution >= 4 is 22.0 Å². The topological polar surface area (TPSA) is 49.7 Å². The molecule has 1 aromatic rings. The van der Waals surface area contributed by atoms with Gasteiger partial charge in [-0.2, -0.15) is 0 Å². The molecule has 0 fully saturated rings. The van der Waals surface area contributed by atoms with Crippen molar-refractivity contribution in [2.75, 3.05) is 13.7 Å². The van der Waals surface area contributed by atoms with Crippen molar-refractivity contribution in [1.29, 1.82) is 0 Å². The molecule has 0 aromatic heterocycles. The predicted octanol–water partition coefficient (Wildman–Crippen LogP) is 3.20. The van der Waals surface area contributed by atoms with Gasteiger partial charge in [-0.25, -0.2) is 0 Å². The monoisotopic (exact) mass is 300 g/mol. The number of aromatic hydroxyl groups is 1. The third-order valence-electron chi connectivity index (χ3n) is 2.55. The first-order valence-electron chi connectivity index (χ1n) is 5.37. The number of ether oxygens (including phenoxy) is 1. The van der Waals surface area contributed by atoms with Crippen LogP contribution in [0.4, 0.5) is 0 Å². The van der Waals surface area contributed by atoms with Crippen molar-refractivity contribution < 1.29 is 14.9 Å². The highest BCUT2D eigenvalue weighted by atomic mass is 79.9. The molecule has 0 aliphatic heterocycles. The van der Waals surface area contributed by atoms with E-state index in [1.54, 1.807) is 12.1 Å². The lowest BCUT2D eigenvalue weighted by Crippen LogP contribution is -1.99. The molecule has 0 atom stereocenters. The van der Waals surface area contributed by atoms with Crippen LogP contribution in [-0.2, 0) is 0 Å². The Kier molecular flexibility index (Phi) is 5.02. The Bertz CT molecular complexity index is 425. The fourth-order valence-corrected chi connectivity index (χ4v) is 1.90. The Morgan fingerprint density at radius 1 is 1.47 bits per heavy atom. The molecular formula is C13H17BrO3. The van der Waals surface area contributed by atoms with E-state index >= 15 is 0 Å². The molecule has 0 bridgehead atoms. The first-order valence-corrected chi connectivity index (χ1v) is 6.16. The highest BCUT2D eigenvalue weighted by Crippen LogP contribution is 2.36. The molecule has 0 aliphatic carbocycles. The molecule has 0 saturated heterocycles. The minimum atomic E-state index is 0.0263. The van der Waals surface area contributed by atoms with E-state index in [4.69, 9.17) is 4.74 Å². The first-order chi connectivity index (χ1) is 7.99. The SMILES string of the molecule is COc1cc(C=C(CO)C(C)C)cc(Br)c1O. The Morgan fingerprint density at radius 3 is 2.59 bits per heavy atom. The number of aliphatic hydroxyl groups excluding tert-OH is 1. The Labute approximate surface area is 110 Å². The molecule has 0 spiro atoms. The summed E-state index contributed by atoms with van der Waals surface area (Å²) in [5.41, 5.74) is 1.81. The number of benzene rings is 1. The van der Waals surface area contributed by atoms with Crippen molar-refractivity contribution in [2.24, 2.45) is 5.92 Å². The Balaban J connectivity index is 3.19. The second-order valence-electron chi connectivity index (χ2n) is 4.09. The summed E-state index contributed by atoms with van der Waals surface area (Å²) in [4.78, 5) is 0. The summed E-state index contributed by atoms with van der Waals surface area (Å²) >= 11 is 3.26. The highest BCUT2D eigenvalue weighted by Gasteiger charge is 2.09. The van der Waals surface area contributed by atoms with Gasteiger partial charge in [0.25, 0.3) is 0 Å². The number of aliphatic hydroxyl groups is 1. The van der Waals surface area contributed by atoms with E-state index in [0.29, 0.717) is 10.2 Å². The largest absolute Gasteiger partial charge is 0.503 e. The highest BCUT2D eigenvalue weighted by molar-refractivity contribution is 9.10. The quantitative estimate of drug-likeness (QED) is 0.898. The maximum absolute atomic E-state index is 9.68. The molecule has 3 nitrogen and oxygen atoms in total. The van der Waals surface area contributed by atoms with E-state index in [2.05, 4.69) is 15.9 Å². The van der Waals surface area contributed by atoms with Crippen molar-refractivity contribution in [1.82, 2.24) is 0 Å². The standard InChI is InChI=1S/C13H17BrO3/c1-8(2)10(7-15)4-9-5-11(14)13(16)12(6-9)17-3/h4-6,8,15-16H,7H2,1-3H3. The minimum Gasteiger partial charge on any atom is -0.503 e. The number of rotatable bonds is 4. The van der Waals surface area contributed by atoms with Crippen molar-refractivity contribution in [2.45, 2.75) is 13.8 Å². The van der Waals surface area contributed by atoms with Gasteiger partial charge in [0.1, 0.15) is 0 Å². The van der Waals surface area contributed by atoms with Gasteiger partial charge in [-0.3, -0.25) is 0 Å². The zero-order valence-corrected chi connectivity index (χ0v) is 11.8. The van der Waals surface area contributed by atoms with Crippen LogP contribution >= 0.6 is 15.9 Å². The molecule has 0 amide bonds. The summed E-state index contributed by atoms with van der Waals surface area (Å²) in [6.45, 7) is 4.07. The number of methoxy groups -OCH3 is 1. The molecule has 4 heteroatoms. The van der Waals surface area contributed by atoms with Gasteiger partial charge in [-0.1, -0.05) is 19.9 Å². The van der Waals surface area contributed by atoms with E-state index in [1.807, 2.05) is 19.9 Å². The summed E-state index contributed by atoms with van der Waals surface area (Å²) in [6.07, 6.45) is 1.90. The van der Waals surface area contributed by atoms with Crippen LogP contribution in [0.3, 0.4) is 0 Å². The number of hydrogen-bond acceptors (Lipinski definition) is 3. The summed E-state index contributed by atoms with van der Waals surface area (Å²) in [7, 11) is 1.50. The van der Waals surface area contributed by atoms with Gasteiger partial charge < -0.3 is 14.9 Å². The Hall–Kier alpha value is -1.00. The van der Waals surface area contributed by atoms with Crippen LogP contribution in [0.25, 0.3) is 6.08 Å². The van der Waals surface area contributed by atoms with Crippen molar-refractivity contribution in [3.63, 3.8) is 0 Å². The number of phenols is 1. The third-order valence-corrected chi connectivity index (χ3v) is 3.15. The lowest BCUT2D eigenvalue weighted by Gasteiger charge is -2.10. The van der Waals surface area contributed by atoms with Gasteiger partial charge in [0.05, 0.1) is 18.2 Å². The predicted molar refractivity (Wildman–Crippen MR) is 72.3 cm³/mol. The van der Waals surface area contributed by atoms with Crippen LogP contribution in [0.15, 0.2) is 22.2 Å². The van der Waals surface area contributed by atoms with E-state index in [-0.39, 0.29) is 18.3 Å². The van der Waals surface area contributed by atoms with Crippen LogP contribution in [0, 0.1) is 5.92 Å². The zero-order chi connectivity index (χ0) is 13.0. The van der Waals surface area contributed by atoms with Crippen molar-refractivity contribution in [3.05, 3.63) is 27.7 Å². The maximum Gasteiger partial charge on any atom is 0.172 e. The van der Waals surface area contributed by atoms with E-state index in [9.17, 15) is 10.2 Å². The van der Waals surface area contributed by atoms with E-state index < -0.39 is 0 Å². The van der Waals surface area contributed by atoms with Crippen LogP contribution in [0.1, 0.15) is 19.4 Å². The fourth-order valence-electron chi connectivity index (χ4n) is 1.44. The molecule has 1 aromatic carbocycles. The zero-order valence-electron chi connectivity index (χ0n) is 10.2. The number of hydrogen-bond donors (Lipinski definition) is 2. The lowest BCUT2D eigenvalue weighted by molar-refractivity contribution is 0.320. The molecule has 1 rings (SSSR count). The fraction of sp³-hybridized carbons (Fsp3) is 0.385. The molecular weight excluding hydrogens is 284 g/mol. The van der Waals surface area contributed by atoms with Crippen LogP contribution in [0.2, 0.25) is 0 Å². The van der Waals surface area contributed by atoms with Gasteiger partial charge in [0.2, 0.25) is 0 Å². The average molecular weight is 301 g/mol. The lowest BCUT2D eigenvalue weighted by atomic mass is 10.0. The van der Waals surface area contributed by atoms with Crippen molar-refractivity contribution in [3.8, 4) is 11.5 Å². The van der Waals surface area contributed by atoms with Gasteiger partial charge in [-0.05, 0) is 45.1 Å². The number of phenolic OH excluding ortho intramolecular Hbond substituents is 1. The van der Waals surface area contributed by atoms with Crippen LogP contribution < -0.4 is 4.74 Å². The summed E-state index contributed by atoms with van der Waals surface area (Å²) in [5.74, 6) is 0.769. The molecule has 0 heterocycles. The van der Waals surface area contributed by atoms with Gasteiger partial charge in [-0.15, -0.1) is 0 Å². The molecule has 94 valence electrons. The molecule has 17 heavy (non-hydrogen) atoms. The van der Waals surface area contributed by atoms with Crippen LogP contribution in [-0.4, -0.2) is 23.9 Å². The third kappa shape index (κ3) is 3.48. The number of halogens is 1. The second kappa shape index (κ2) is 6.07. The van der Waals surface area contributed by atoms with Gasteiger partial charge in [0.15, 0.2) is 11.5 Å². The second-order valence-corrected chi connectivity index (χ2v) is 4.94. The van der Waals surface area contributed by atoms with Gasteiger partial charge >= 0.3 is 0 Å². The van der Waals surface area contributed by atoms with E-state index in [1.165, 1.54) is 7.11 Å². The first kappa shape index (κ1) is 14.1. The summed E-state index contributed by atoms with van der Waals surface area (Å²) in [5, 5.41) is 18.9. The van der Waals surface area contributed by atoms with Gasteiger partial charge in [0, 0.05) is 0 Å².